The highest BCUT2D eigenvalue weighted by atomic mass is 32.1. The molecule has 0 amide bonds. The molecule has 0 spiro atoms. The monoisotopic (exact) mass is 367 g/mol. The standard InChI is InChI=1S/C20H17NO4S/c1-13-21-18(15-6-4-3-5-7-15)19(26-13)20(23)25-12-17(22)14-8-10-16(24-2)11-9-14/h3-11H,12H2,1-2H3. The molecule has 0 aliphatic rings. The molecule has 0 radical (unpaired) electrons. The number of ether oxygens (including phenoxy) is 2. The predicted molar refractivity (Wildman–Crippen MR) is 99.9 cm³/mol. The van der Waals surface area contributed by atoms with E-state index in [1.54, 1.807) is 31.4 Å². The normalized spacial score (nSPS) is 10.4. The van der Waals surface area contributed by atoms with Crippen LogP contribution < -0.4 is 4.74 Å². The number of aryl methyl sites for hydroxylation is 1. The first-order valence-electron chi connectivity index (χ1n) is 7.95. The highest BCUT2D eigenvalue weighted by Gasteiger charge is 2.20. The number of rotatable bonds is 6. The number of hydrogen-bond acceptors (Lipinski definition) is 6. The Morgan fingerprint density at radius 1 is 1.04 bits per heavy atom. The van der Waals surface area contributed by atoms with Gasteiger partial charge in [-0.25, -0.2) is 9.78 Å². The number of hydrogen-bond donors (Lipinski definition) is 0. The van der Waals surface area contributed by atoms with Crippen LogP contribution >= 0.6 is 11.3 Å². The number of ketones is 1. The average molecular weight is 367 g/mol. The number of aromatic nitrogens is 1. The molecule has 0 unspecified atom stereocenters. The van der Waals surface area contributed by atoms with Gasteiger partial charge >= 0.3 is 5.97 Å². The Morgan fingerprint density at radius 3 is 2.38 bits per heavy atom. The maximum atomic E-state index is 12.5. The lowest BCUT2D eigenvalue weighted by molar-refractivity contribution is 0.0480. The van der Waals surface area contributed by atoms with E-state index in [-0.39, 0.29) is 12.4 Å². The minimum absolute atomic E-state index is 0.275. The topological polar surface area (TPSA) is 65.5 Å². The summed E-state index contributed by atoms with van der Waals surface area (Å²) in [5, 5.41) is 0.761. The number of nitrogens with zero attached hydrogens (tertiary/aromatic N) is 1. The van der Waals surface area contributed by atoms with Gasteiger partial charge in [-0.15, -0.1) is 11.3 Å². The zero-order chi connectivity index (χ0) is 18.5. The number of esters is 1. The molecule has 1 heterocycles. The van der Waals surface area contributed by atoms with Gasteiger partial charge in [0, 0.05) is 11.1 Å². The zero-order valence-corrected chi connectivity index (χ0v) is 15.2. The second-order valence-corrected chi connectivity index (χ2v) is 6.71. The van der Waals surface area contributed by atoms with Crippen LogP contribution in [0, 0.1) is 6.92 Å². The Kier molecular flexibility index (Phi) is 5.43. The van der Waals surface area contributed by atoms with Crippen molar-refractivity contribution in [3.05, 3.63) is 70.0 Å². The molecule has 0 aliphatic heterocycles. The molecule has 0 atom stereocenters. The lowest BCUT2D eigenvalue weighted by atomic mass is 10.1. The van der Waals surface area contributed by atoms with Gasteiger partial charge in [-0.1, -0.05) is 30.3 Å². The number of methoxy groups -OCH3 is 1. The van der Waals surface area contributed by atoms with Gasteiger partial charge in [-0.2, -0.15) is 0 Å². The second-order valence-electron chi connectivity index (χ2n) is 5.50. The van der Waals surface area contributed by atoms with Crippen molar-refractivity contribution in [2.75, 3.05) is 13.7 Å². The summed E-state index contributed by atoms with van der Waals surface area (Å²) in [5.74, 6) is -0.161. The molecule has 0 bridgehead atoms. The molecule has 1 aromatic heterocycles. The quantitative estimate of drug-likeness (QED) is 0.483. The van der Waals surface area contributed by atoms with Crippen LogP contribution in [0.2, 0.25) is 0 Å². The first-order chi connectivity index (χ1) is 12.6. The van der Waals surface area contributed by atoms with Crippen molar-refractivity contribution < 1.29 is 19.1 Å². The van der Waals surface area contributed by atoms with Crippen LogP contribution in [0.25, 0.3) is 11.3 Å². The third-order valence-corrected chi connectivity index (χ3v) is 4.66. The van der Waals surface area contributed by atoms with E-state index >= 15 is 0 Å². The summed E-state index contributed by atoms with van der Waals surface area (Å²) in [6.07, 6.45) is 0. The molecule has 3 aromatic rings. The average Bonchev–Trinajstić information content (AvgIpc) is 3.08. The molecule has 5 nitrogen and oxygen atoms in total. The lowest BCUT2D eigenvalue weighted by Gasteiger charge is -2.05. The first-order valence-corrected chi connectivity index (χ1v) is 8.77. The van der Waals surface area contributed by atoms with Crippen molar-refractivity contribution in [1.82, 2.24) is 4.98 Å². The third kappa shape index (κ3) is 3.97. The first kappa shape index (κ1) is 17.8. The van der Waals surface area contributed by atoms with Crippen LogP contribution in [-0.2, 0) is 4.74 Å². The minimum atomic E-state index is -0.545. The third-order valence-electron chi connectivity index (χ3n) is 3.71. The van der Waals surface area contributed by atoms with E-state index < -0.39 is 5.97 Å². The molecular formula is C20H17NO4S. The van der Waals surface area contributed by atoms with E-state index in [1.165, 1.54) is 11.3 Å². The Bertz CT molecular complexity index is 917. The second kappa shape index (κ2) is 7.93. The van der Waals surface area contributed by atoms with Gasteiger partial charge in [0.2, 0.25) is 0 Å². The fourth-order valence-electron chi connectivity index (χ4n) is 2.41. The molecule has 0 fully saturated rings. The van der Waals surface area contributed by atoms with Crippen molar-refractivity contribution in [2.24, 2.45) is 0 Å². The van der Waals surface area contributed by atoms with Gasteiger partial charge in [0.05, 0.1) is 17.8 Å². The van der Waals surface area contributed by atoms with Gasteiger partial charge in [-0.3, -0.25) is 4.79 Å². The molecular weight excluding hydrogens is 350 g/mol. The number of Topliss-reactive ketones (excluding diaryl/α,β-unsaturated/α-hetero) is 1. The van der Waals surface area contributed by atoms with Crippen molar-refractivity contribution in [1.29, 1.82) is 0 Å². The van der Waals surface area contributed by atoms with E-state index in [0.29, 0.717) is 21.9 Å². The van der Waals surface area contributed by atoms with Crippen molar-refractivity contribution in [3.63, 3.8) is 0 Å². The van der Waals surface area contributed by atoms with E-state index in [9.17, 15) is 9.59 Å². The molecule has 0 saturated heterocycles. The van der Waals surface area contributed by atoms with Crippen LogP contribution in [0.5, 0.6) is 5.75 Å². The number of carbonyl (C=O) groups excluding carboxylic acids is 2. The predicted octanol–water partition coefficient (Wildman–Crippen LogP) is 4.17. The number of carbonyl (C=O) groups is 2. The maximum Gasteiger partial charge on any atom is 0.351 e. The summed E-state index contributed by atoms with van der Waals surface area (Å²) < 4.78 is 10.3. The van der Waals surface area contributed by atoms with Crippen molar-refractivity contribution >= 4 is 23.1 Å². The van der Waals surface area contributed by atoms with Crippen molar-refractivity contribution in [3.8, 4) is 17.0 Å². The van der Waals surface area contributed by atoms with Gasteiger partial charge in [0.15, 0.2) is 12.4 Å². The molecule has 2 aromatic carbocycles. The van der Waals surface area contributed by atoms with Crippen LogP contribution in [-0.4, -0.2) is 30.5 Å². The van der Waals surface area contributed by atoms with Crippen LogP contribution in [0.15, 0.2) is 54.6 Å². The Labute approximate surface area is 155 Å². The van der Waals surface area contributed by atoms with E-state index in [4.69, 9.17) is 9.47 Å². The molecule has 0 saturated carbocycles. The van der Waals surface area contributed by atoms with E-state index in [1.807, 2.05) is 37.3 Å². The number of benzene rings is 2. The fraction of sp³-hybridized carbons (Fsp3) is 0.150. The highest BCUT2D eigenvalue weighted by Crippen LogP contribution is 2.28. The molecule has 0 N–H and O–H groups in total. The van der Waals surface area contributed by atoms with E-state index in [2.05, 4.69) is 4.98 Å². The SMILES string of the molecule is COc1ccc(C(=O)COC(=O)c2sc(C)nc2-c2ccccc2)cc1. The number of thiazole rings is 1. The summed E-state index contributed by atoms with van der Waals surface area (Å²) in [4.78, 5) is 29.5. The van der Waals surface area contributed by atoms with Gasteiger partial charge in [0.1, 0.15) is 10.6 Å². The molecule has 26 heavy (non-hydrogen) atoms. The summed E-state index contributed by atoms with van der Waals surface area (Å²) in [5.41, 5.74) is 1.88. The molecule has 0 aliphatic carbocycles. The van der Waals surface area contributed by atoms with Crippen LogP contribution in [0.1, 0.15) is 25.0 Å². The Hall–Kier alpha value is -2.99. The van der Waals surface area contributed by atoms with Crippen LogP contribution in [0.4, 0.5) is 0 Å². The van der Waals surface area contributed by atoms with Gasteiger partial charge in [-0.05, 0) is 31.2 Å². The van der Waals surface area contributed by atoms with Crippen molar-refractivity contribution in [2.45, 2.75) is 6.92 Å². The summed E-state index contributed by atoms with van der Waals surface area (Å²) in [6.45, 7) is 1.51. The lowest BCUT2D eigenvalue weighted by Crippen LogP contribution is -2.14. The van der Waals surface area contributed by atoms with E-state index in [0.717, 1.165) is 10.6 Å². The highest BCUT2D eigenvalue weighted by molar-refractivity contribution is 7.14. The smallest absolute Gasteiger partial charge is 0.351 e. The fourth-order valence-corrected chi connectivity index (χ4v) is 3.25. The Balaban J connectivity index is 1.71. The van der Waals surface area contributed by atoms with Gasteiger partial charge in [0.25, 0.3) is 0 Å². The molecule has 132 valence electrons. The maximum absolute atomic E-state index is 12.5. The van der Waals surface area contributed by atoms with Crippen LogP contribution in [0.3, 0.4) is 0 Å². The molecule has 6 heteroatoms. The largest absolute Gasteiger partial charge is 0.497 e. The zero-order valence-electron chi connectivity index (χ0n) is 14.4. The summed E-state index contributed by atoms with van der Waals surface area (Å²) in [6, 6.07) is 16.1. The minimum Gasteiger partial charge on any atom is -0.497 e. The summed E-state index contributed by atoms with van der Waals surface area (Å²) >= 11 is 1.26. The summed E-state index contributed by atoms with van der Waals surface area (Å²) in [7, 11) is 1.56. The van der Waals surface area contributed by atoms with Gasteiger partial charge < -0.3 is 9.47 Å². The Morgan fingerprint density at radius 2 is 1.73 bits per heavy atom. The molecule has 3 rings (SSSR count).